The van der Waals surface area contributed by atoms with Crippen molar-refractivity contribution in [1.29, 1.82) is 5.26 Å². The second-order valence-electron chi connectivity index (χ2n) is 5.11. The van der Waals surface area contributed by atoms with Crippen LogP contribution in [0.3, 0.4) is 0 Å². The van der Waals surface area contributed by atoms with Crippen molar-refractivity contribution >= 4 is 5.91 Å². The van der Waals surface area contributed by atoms with Crippen molar-refractivity contribution in [1.82, 2.24) is 5.32 Å². The van der Waals surface area contributed by atoms with Crippen LogP contribution in [0.4, 0.5) is 8.78 Å². The number of halogens is 2. The minimum atomic E-state index is -0.542. The Morgan fingerprint density at radius 3 is 2.70 bits per heavy atom. The summed E-state index contributed by atoms with van der Waals surface area (Å²) in [5.74, 6) is -1.10. The van der Waals surface area contributed by atoms with Crippen LogP contribution in [0.25, 0.3) is 0 Å². The Morgan fingerprint density at radius 1 is 1.40 bits per heavy atom. The van der Waals surface area contributed by atoms with Crippen LogP contribution in [0.1, 0.15) is 32.3 Å². The lowest BCUT2D eigenvalue weighted by molar-refractivity contribution is -0.121. The number of hydrogen-bond donors (Lipinski definition) is 1. The standard InChI is InChI=1S/C15H18F2N2O/c1-10(2)7-13(9-18)19-15(20)6-3-11-8-12(16)4-5-14(11)17/h4-5,8,10,13H,3,6-7H2,1-2H3,(H,19,20)/t13-/m0/s1. The third kappa shape index (κ3) is 5.35. The quantitative estimate of drug-likeness (QED) is 0.871. The minimum Gasteiger partial charge on any atom is -0.340 e. The van der Waals surface area contributed by atoms with Crippen LogP contribution in [0.5, 0.6) is 0 Å². The summed E-state index contributed by atoms with van der Waals surface area (Å²) in [6, 6.07) is 4.63. The van der Waals surface area contributed by atoms with Gasteiger partial charge in [-0.2, -0.15) is 5.26 Å². The van der Waals surface area contributed by atoms with Crippen molar-refractivity contribution in [3.05, 3.63) is 35.4 Å². The predicted molar refractivity (Wildman–Crippen MR) is 71.7 cm³/mol. The van der Waals surface area contributed by atoms with Crippen LogP contribution in [-0.4, -0.2) is 11.9 Å². The lowest BCUT2D eigenvalue weighted by atomic mass is 10.0. The van der Waals surface area contributed by atoms with Gasteiger partial charge in [-0.3, -0.25) is 4.79 Å². The third-order valence-electron chi connectivity index (χ3n) is 2.83. The molecule has 1 aromatic carbocycles. The van der Waals surface area contributed by atoms with Crippen LogP contribution in [0, 0.1) is 28.9 Å². The van der Waals surface area contributed by atoms with Gasteiger partial charge in [-0.25, -0.2) is 8.78 Å². The van der Waals surface area contributed by atoms with E-state index >= 15 is 0 Å². The molecule has 1 amide bonds. The molecule has 0 fully saturated rings. The Morgan fingerprint density at radius 2 is 2.10 bits per heavy atom. The van der Waals surface area contributed by atoms with Crippen LogP contribution in [0.15, 0.2) is 18.2 Å². The summed E-state index contributed by atoms with van der Waals surface area (Å²) < 4.78 is 26.3. The first-order chi connectivity index (χ1) is 9.42. The van der Waals surface area contributed by atoms with Crippen molar-refractivity contribution in [3.8, 4) is 6.07 Å². The maximum absolute atomic E-state index is 13.4. The molecule has 1 rings (SSSR count). The average Bonchev–Trinajstić information content (AvgIpc) is 2.38. The number of rotatable bonds is 6. The SMILES string of the molecule is CC(C)C[C@@H](C#N)NC(=O)CCc1cc(F)ccc1F. The Hall–Kier alpha value is -1.96. The van der Waals surface area contributed by atoms with Crippen molar-refractivity contribution in [2.75, 3.05) is 0 Å². The van der Waals surface area contributed by atoms with Gasteiger partial charge in [0.2, 0.25) is 5.91 Å². The monoisotopic (exact) mass is 280 g/mol. The minimum absolute atomic E-state index is 0.0245. The fourth-order valence-corrected chi connectivity index (χ4v) is 1.86. The second-order valence-corrected chi connectivity index (χ2v) is 5.11. The topological polar surface area (TPSA) is 52.9 Å². The first-order valence-corrected chi connectivity index (χ1v) is 6.55. The summed E-state index contributed by atoms with van der Waals surface area (Å²) in [6.45, 7) is 3.91. The Bertz CT molecular complexity index is 509. The molecule has 1 N–H and O–H groups in total. The highest BCUT2D eigenvalue weighted by Crippen LogP contribution is 2.12. The molecule has 5 heteroatoms. The fraction of sp³-hybridized carbons (Fsp3) is 0.467. The first-order valence-electron chi connectivity index (χ1n) is 6.55. The number of nitrogens with zero attached hydrogens (tertiary/aromatic N) is 1. The zero-order valence-corrected chi connectivity index (χ0v) is 11.6. The van der Waals surface area contributed by atoms with Crippen molar-refractivity contribution in [2.45, 2.75) is 39.2 Å². The van der Waals surface area contributed by atoms with Crippen LogP contribution < -0.4 is 5.32 Å². The summed E-state index contributed by atoms with van der Waals surface area (Å²) in [5, 5.41) is 11.5. The van der Waals surface area contributed by atoms with Gasteiger partial charge < -0.3 is 5.32 Å². The van der Waals surface area contributed by atoms with Crippen LogP contribution >= 0.6 is 0 Å². The summed E-state index contributed by atoms with van der Waals surface area (Å²) in [5.41, 5.74) is 0.164. The zero-order valence-electron chi connectivity index (χ0n) is 11.6. The molecule has 0 saturated carbocycles. The van der Waals surface area contributed by atoms with Gasteiger partial charge in [-0.05, 0) is 42.5 Å². The summed E-state index contributed by atoms with van der Waals surface area (Å²) >= 11 is 0. The largest absolute Gasteiger partial charge is 0.340 e. The van der Waals surface area contributed by atoms with E-state index in [1.807, 2.05) is 19.9 Å². The van der Waals surface area contributed by atoms with Crippen LogP contribution in [0.2, 0.25) is 0 Å². The summed E-state index contributed by atoms with van der Waals surface area (Å²) in [6.07, 6.45) is 0.697. The molecule has 0 bridgehead atoms. The maximum atomic E-state index is 13.4. The first kappa shape index (κ1) is 16.1. The molecular formula is C15H18F2N2O. The highest BCUT2D eigenvalue weighted by molar-refractivity contribution is 5.76. The van der Waals surface area contributed by atoms with Gasteiger partial charge in [0.1, 0.15) is 17.7 Å². The van der Waals surface area contributed by atoms with E-state index < -0.39 is 17.7 Å². The van der Waals surface area contributed by atoms with E-state index in [9.17, 15) is 13.6 Å². The highest BCUT2D eigenvalue weighted by atomic mass is 19.1. The lowest BCUT2D eigenvalue weighted by Crippen LogP contribution is -2.34. The molecule has 20 heavy (non-hydrogen) atoms. The molecule has 0 spiro atoms. The van der Waals surface area contributed by atoms with E-state index in [0.29, 0.717) is 12.3 Å². The van der Waals surface area contributed by atoms with E-state index in [1.54, 1.807) is 0 Å². The molecular weight excluding hydrogens is 262 g/mol. The Labute approximate surface area is 117 Å². The third-order valence-corrected chi connectivity index (χ3v) is 2.83. The number of aryl methyl sites for hydroxylation is 1. The van der Waals surface area contributed by atoms with Gasteiger partial charge in [0.25, 0.3) is 0 Å². The molecule has 108 valence electrons. The lowest BCUT2D eigenvalue weighted by Gasteiger charge is -2.13. The number of amides is 1. The van der Waals surface area contributed by atoms with Crippen LogP contribution in [-0.2, 0) is 11.2 Å². The van der Waals surface area contributed by atoms with Gasteiger partial charge in [-0.15, -0.1) is 0 Å². The van der Waals surface area contributed by atoms with Crippen molar-refractivity contribution in [2.24, 2.45) is 5.92 Å². The van der Waals surface area contributed by atoms with Gasteiger partial charge in [-0.1, -0.05) is 13.8 Å². The van der Waals surface area contributed by atoms with E-state index in [4.69, 9.17) is 5.26 Å². The molecule has 0 saturated heterocycles. The molecule has 0 aliphatic carbocycles. The molecule has 3 nitrogen and oxygen atoms in total. The number of benzene rings is 1. The van der Waals surface area contributed by atoms with E-state index in [1.165, 1.54) is 0 Å². The fourth-order valence-electron chi connectivity index (χ4n) is 1.86. The Balaban J connectivity index is 2.51. The highest BCUT2D eigenvalue weighted by Gasteiger charge is 2.14. The predicted octanol–water partition coefficient (Wildman–Crippen LogP) is 2.95. The molecule has 1 aromatic rings. The van der Waals surface area contributed by atoms with Crippen molar-refractivity contribution < 1.29 is 13.6 Å². The van der Waals surface area contributed by atoms with E-state index in [-0.39, 0.29) is 24.3 Å². The zero-order chi connectivity index (χ0) is 15.1. The smallest absolute Gasteiger partial charge is 0.221 e. The molecule has 0 unspecified atom stereocenters. The maximum Gasteiger partial charge on any atom is 0.221 e. The van der Waals surface area contributed by atoms with Gasteiger partial charge in [0.15, 0.2) is 0 Å². The summed E-state index contributed by atoms with van der Waals surface area (Å²) in [4.78, 5) is 11.7. The Kier molecular flexibility index (Phi) is 6.10. The number of hydrogen-bond acceptors (Lipinski definition) is 2. The van der Waals surface area contributed by atoms with Gasteiger partial charge in [0, 0.05) is 6.42 Å². The molecule has 0 aliphatic rings. The number of carbonyl (C=O) groups is 1. The normalized spacial score (nSPS) is 12.0. The molecule has 0 heterocycles. The molecule has 1 atom stereocenters. The van der Waals surface area contributed by atoms with Gasteiger partial charge in [0.05, 0.1) is 6.07 Å². The van der Waals surface area contributed by atoms with Gasteiger partial charge >= 0.3 is 0 Å². The molecule has 0 aliphatic heterocycles. The number of carbonyl (C=O) groups excluding carboxylic acids is 1. The second kappa shape index (κ2) is 7.59. The summed E-state index contributed by atoms with van der Waals surface area (Å²) in [7, 11) is 0. The average molecular weight is 280 g/mol. The number of nitriles is 1. The van der Waals surface area contributed by atoms with E-state index in [2.05, 4.69) is 5.32 Å². The molecule has 0 aromatic heterocycles. The molecule has 0 radical (unpaired) electrons. The van der Waals surface area contributed by atoms with E-state index in [0.717, 1.165) is 18.2 Å². The number of nitrogens with one attached hydrogen (secondary N) is 1. The van der Waals surface area contributed by atoms with Crippen molar-refractivity contribution in [3.63, 3.8) is 0 Å².